The molecule has 3 saturated carbocycles. The van der Waals surface area contributed by atoms with Crippen LogP contribution < -0.4 is 0 Å². The Balaban J connectivity index is 1.39. The zero-order valence-electron chi connectivity index (χ0n) is 19.0. The summed E-state index contributed by atoms with van der Waals surface area (Å²) in [6.07, 6.45) is 24.5. The Kier molecular flexibility index (Phi) is 6.61. The molecule has 28 heavy (non-hydrogen) atoms. The van der Waals surface area contributed by atoms with Crippen LogP contribution >= 0.6 is 12.6 Å². The number of unbranched alkanes of at least 4 members (excludes halogenated alkanes) is 5. The Bertz CT molecular complexity index is 565. The average molecular weight is 403 g/mol. The maximum absolute atomic E-state index is 4.84. The van der Waals surface area contributed by atoms with Gasteiger partial charge in [-0.2, -0.15) is 12.6 Å². The van der Waals surface area contributed by atoms with Crippen molar-refractivity contribution in [3.63, 3.8) is 0 Å². The highest BCUT2D eigenvalue weighted by atomic mass is 32.1. The molecule has 7 atom stereocenters. The van der Waals surface area contributed by atoms with Crippen molar-refractivity contribution in [3.8, 4) is 0 Å². The number of rotatable bonds is 7. The predicted molar refractivity (Wildman–Crippen MR) is 126 cm³/mol. The zero-order valence-corrected chi connectivity index (χ0v) is 19.9. The fourth-order valence-electron chi connectivity index (χ4n) is 8.40. The summed E-state index contributed by atoms with van der Waals surface area (Å²) in [6.45, 7) is 7.68. The third-order valence-corrected chi connectivity index (χ3v) is 10.6. The van der Waals surface area contributed by atoms with Gasteiger partial charge in [-0.05, 0) is 92.3 Å². The van der Waals surface area contributed by atoms with E-state index >= 15 is 0 Å². The van der Waals surface area contributed by atoms with E-state index in [1.165, 1.54) is 96.3 Å². The van der Waals surface area contributed by atoms with E-state index in [4.69, 9.17) is 12.6 Å². The molecule has 0 aliphatic heterocycles. The lowest BCUT2D eigenvalue weighted by Gasteiger charge is -2.58. The molecule has 0 saturated heterocycles. The molecule has 0 amide bonds. The minimum atomic E-state index is 0.515. The molecular formula is C27H46S. The normalized spacial score (nSPS) is 45.1. The first-order valence-corrected chi connectivity index (χ1v) is 13.4. The van der Waals surface area contributed by atoms with Gasteiger partial charge in [0.15, 0.2) is 0 Å². The fraction of sp³-hybridized carbons (Fsp3) is 0.926. The summed E-state index contributed by atoms with van der Waals surface area (Å²) in [5.74, 6) is 3.99. The van der Waals surface area contributed by atoms with Crippen LogP contribution in [0.4, 0.5) is 0 Å². The van der Waals surface area contributed by atoms with Gasteiger partial charge in [0, 0.05) is 5.25 Å². The molecule has 1 heteroatoms. The molecule has 4 aliphatic carbocycles. The lowest BCUT2D eigenvalue weighted by molar-refractivity contribution is -0.0421. The maximum atomic E-state index is 4.84. The molecule has 4 aliphatic rings. The van der Waals surface area contributed by atoms with Crippen LogP contribution in [0, 0.1) is 34.5 Å². The first-order valence-electron chi connectivity index (χ1n) is 12.9. The summed E-state index contributed by atoms with van der Waals surface area (Å²) in [5, 5.41) is 0.623. The van der Waals surface area contributed by atoms with E-state index in [9.17, 15) is 0 Å². The molecule has 0 spiro atoms. The molecule has 0 bridgehead atoms. The first-order chi connectivity index (χ1) is 13.5. The van der Waals surface area contributed by atoms with E-state index in [0.29, 0.717) is 16.1 Å². The molecule has 0 aromatic heterocycles. The van der Waals surface area contributed by atoms with Crippen molar-refractivity contribution in [3.05, 3.63) is 11.6 Å². The number of allylic oxidation sites excluding steroid dienone is 2. The monoisotopic (exact) mass is 402 g/mol. The second-order valence-corrected chi connectivity index (χ2v) is 12.3. The highest BCUT2D eigenvalue weighted by molar-refractivity contribution is 7.80. The highest BCUT2D eigenvalue weighted by Crippen LogP contribution is 2.66. The van der Waals surface area contributed by atoms with E-state index in [1.807, 2.05) is 0 Å². The lowest BCUT2D eigenvalue weighted by atomic mass is 9.47. The maximum Gasteiger partial charge on any atom is 0.00545 e. The van der Waals surface area contributed by atoms with Crippen LogP contribution in [0.1, 0.15) is 117 Å². The van der Waals surface area contributed by atoms with Crippen LogP contribution in [0.3, 0.4) is 0 Å². The van der Waals surface area contributed by atoms with Crippen LogP contribution in [0.2, 0.25) is 0 Å². The van der Waals surface area contributed by atoms with Crippen LogP contribution in [0.25, 0.3) is 0 Å². The number of fused-ring (bicyclic) bond motifs is 5. The zero-order chi connectivity index (χ0) is 19.8. The van der Waals surface area contributed by atoms with Crippen LogP contribution in [-0.2, 0) is 0 Å². The largest absolute Gasteiger partial charge is 0.176 e. The van der Waals surface area contributed by atoms with Gasteiger partial charge >= 0.3 is 0 Å². The quantitative estimate of drug-likeness (QED) is 0.246. The predicted octanol–water partition coefficient (Wildman–Crippen LogP) is 8.61. The molecule has 0 heterocycles. The third kappa shape index (κ3) is 3.76. The van der Waals surface area contributed by atoms with E-state index in [1.54, 1.807) is 5.57 Å². The first kappa shape index (κ1) is 21.3. The van der Waals surface area contributed by atoms with E-state index in [2.05, 4.69) is 26.8 Å². The molecule has 4 rings (SSSR count). The molecular weight excluding hydrogens is 356 g/mol. The summed E-state index contributed by atoms with van der Waals surface area (Å²) in [4.78, 5) is 0. The second kappa shape index (κ2) is 8.68. The summed E-state index contributed by atoms with van der Waals surface area (Å²) < 4.78 is 0. The van der Waals surface area contributed by atoms with Gasteiger partial charge in [0.2, 0.25) is 0 Å². The van der Waals surface area contributed by atoms with Crippen LogP contribution in [0.5, 0.6) is 0 Å². The summed E-state index contributed by atoms with van der Waals surface area (Å²) in [5.41, 5.74) is 2.97. The average Bonchev–Trinajstić information content (AvgIpc) is 3.01. The highest BCUT2D eigenvalue weighted by Gasteiger charge is 2.58. The van der Waals surface area contributed by atoms with Crippen LogP contribution in [-0.4, -0.2) is 5.25 Å². The van der Waals surface area contributed by atoms with Gasteiger partial charge in [-0.25, -0.2) is 0 Å². The Morgan fingerprint density at radius 2 is 1.71 bits per heavy atom. The minimum Gasteiger partial charge on any atom is -0.176 e. The van der Waals surface area contributed by atoms with Gasteiger partial charge in [-0.15, -0.1) is 0 Å². The molecule has 0 aromatic rings. The lowest BCUT2D eigenvalue weighted by Crippen LogP contribution is -2.50. The Morgan fingerprint density at radius 1 is 0.929 bits per heavy atom. The minimum absolute atomic E-state index is 0.515. The van der Waals surface area contributed by atoms with Gasteiger partial charge < -0.3 is 0 Å². The molecule has 3 fully saturated rings. The Hall–Kier alpha value is 0.0900. The summed E-state index contributed by atoms with van der Waals surface area (Å²) >= 11 is 4.84. The van der Waals surface area contributed by atoms with Crippen molar-refractivity contribution < 1.29 is 0 Å². The molecule has 160 valence electrons. The van der Waals surface area contributed by atoms with E-state index in [-0.39, 0.29) is 0 Å². The fourth-order valence-corrected chi connectivity index (χ4v) is 8.72. The van der Waals surface area contributed by atoms with Crippen molar-refractivity contribution in [2.45, 2.75) is 122 Å². The van der Waals surface area contributed by atoms with E-state index in [0.717, 1.165) is 23.7 Å². The van der Waals surface area contributed by atoms with Gasteiger partial charge in [0.05, 0.1) is 0 Å². The smallest absolute Gasteiger partial charge is 0.00545 e. The van der Waals surface area contributed by atoms with E-state index < -0.39 is 0 Å². The molecule has 0 aromatic carbocycles. The van der Waals surface area contributed by atoms with Crippen molar-refractivity contribution in [2.24, 2.45) is 34.5 Å². The molecule has 0 radical (unpaired) electrons. The summed E-state index contributed by atoms with van der Waals surface area (Å²) in [6, 6.07) is 0. The number of hydrogen-bond donors (Lipinski definition) is 1. The van der Waals surface area contributed by atoms with Gasteiger partial charge in [0.1, 0.15) is 0 Å². The van der Waals surface area contributed by atoms with Crippen molar-refractivity contribution in [1.29, 1.82) is 0 Å². The second-order valence-electron chi connectivity index (χ2n) is 11.5. The van der Waals surface area contributed by atoms with Gasteiger partial charge in [-0.1, -0.05) is 70.9 Å². The molecule has 5 unspecified atom stereocenters. The standard InChI is InChI=1S/C27H46S/c1-4-5-6-7-8-9-10-20-12-14-24-23-13-11-21-19-22(28)15-17-27(21,3)25(23)16-18-26(20,24)2/h11,20,22-25,28H,4-10,12-19H2,1-3H3/t20?,22?,23?,24?,25?,26-,27+/m1/s1. The van der Waals surface area contributed by atoms with Crippen molar-refractivity contribution in [1.82, 2.24) is 0 Å². The molecule has 0 N–H and O–H groups in total. The number of thiol groups is 1. The topological polar surface area (TPSA) is 0 Å². The number of hydrogen-bond acceptors (Lipinski definition) is 1. The Labute approximate surface area is 181 Å². The summed E-state index contributed by atoms with van der Waals surface area (Å²) in [7, 11) is 0. The van der Waals surface area contributed by atoms with Crippen LogP contribution in [0.15, 0.2) is 11.6 Å². The van der Waals surface area contributed by atoms with Crippen molar-refractivity contribution in [2.75, 3.05) is 0 Å². The Morgan fingerprint density at radius 3 is 2.54 bits per heavy atom. The molecule has 0 nitrogen and oxygen atoms in total. The van der Waals surface area contributed by atoms with Crippen molar-refractivity contribution >= 4 is 12.6 Å². The van der Waals surface area contributed by atoms with Gasteiger partial charge in [-0.3, -0.25) is 0 Å². The SMILES string of the molecule is CCCCCCCCC1CCC2C3CC=C4CC(S)CC[C@]4(C)C3CC[C@]12C. The third-order valence-electron chi connectivity index (χ3n) is 10.2. The van der Waals surface area contributed by atoms with Gasteiger partial charge in [0.25, 0.3) is 0 Å².